The van der Waals surface area contributed by atoms with Crippen molar-refractivity contribution in [2.75, 3.05) is 13.1 Å². The number of hydrogen-bond donors (Lipinski definition) is 1. The predicted octanol–water partition coefficient (Wildman–Crippen LogP) is 1.32. The maximum Gasteiger partial charge on any atom is 0.240 e. The minimum atomic E-state index is 0.295. The molecule has 0 spiro atoms. The highest BCUT2D eigenvalue weighted by molar-refractivity contribution is 9.10. The van der Waals surface area contributed by atoms with Crippen molar-refractivity contribution in [2.45, 2.75) is 32.0 Å². The van der Waals surface area contributed by atoms with Gasteiger partial charge in [0.1, 0.15) is 0 Å². The van der Waals surface area contributed by atoms with Gasteiger partial charge in [0, 0.05) is 19.3 Å². The molecular weight excluding hydrogens is 324 g/mol. The van der Waals surface area contributed by atoms with Crippen molar-refractivity contribution < 1.29 is 4.52 Å². The average molecular weight is 341 g/mol. The Morgan fingerprint density at radius 1 is 1.40 bits per heavy atom. The Kier molecular flexibility index (Phi) is 4.13. The lowest BCUT2D eigenvalue weighted by molar-refractivity contribution is 0.168. The summed E-state index contributed by atoms with van der Waals surface area (Å²) in [5, 5.41) is 8.29. The molecule has 108 valence electrons. The standard InChI is InChI=1S/C12H17BrN6O/c13-9-6-15-19(7-9)10-1-3-18(4-2-10)8-11-16-12(5-14)20-17-11/h6-7,10H,1-5,8,14H2. The molecule has 3 rings (SSSR count). The maximum absolute atomic E-state index is 5.46. The lowest BCUT2D eigenvalue weighted by Crippen LogP contribution is -2.34. The van der Waals surface area contributed by atoms with Crippen LogP contribution in [0.2, 0.25) is 0 Å². The van der Waals surface area contributed by atoms with E-state index in [9.17, 15) is 0 Å². The third-order valence-electron chi connectivity index (χ3n) is 3.55. The van der Waals surface area contributed by atoms with Gasteiger partial charge in [-0.1, -0.05) is 5.16 Å². The van der Waals surface area contributed by atoms with E-state index in [1.54, 1.807) is 0 Å². The zero-order valence-corrected chi connectivity index (χ0v) is 12.7. The molecule has 1 aliphatic rings. The normalized spacial score (nSPS) is 17.7. The summed E-state index contributed by atoms with van der Waals surface area (Å²) in [6.45, 7) is 3.03. The van der Waals surface area contributed by atoms with Crippen molar-refractivity contribution >= 4 is 15.9 Å². The van der Waals surface area contributed by atoms with Gasteiger partial charge in [0.15, 0.2) is 5.82 Å². The summed E-state index contributed by atoms with van der Waals surface area (Å²) < 4.78 is 8.09. The summed E-state index contributed by atoms with van der Waals surface area (Å²) in [6, 6.07) is 0.474. The molecule has 20 heavy (non-hydrogen) atoms. The van der Waals surface area contributed by atoms with Crippen LogP contribution in [0.4, 0.5) is 0 Å². The molecule has 0 atom stereocenters. The largest absolute Gasteiger partial charge is 0.338 e. The molecule has 2 aromatic rings. The SMILES string of the molecule is NCc1nc(CN2CCC(n3cc(Br)cn3)CC2)no1. The number of piperidine rings is 1. The van der Waals surface area contributed by atoms with E-state index in [-0.39, 0.29) is 0 Å². The number of halogens is 1. The molecule has 7 nitrogen and oxygen atoms in total. The zero-order valence-electron chi connectivity index (χ0n) is 11.1. The number of hydrogen-bond acceptors (Lipinski definition) is 6. The smallest absolute Gasteiger partial charge is 0.240 e. The van der Waals surface area contributed by atoms with Crippen LogP contribution in [-0.4, -0.2) is 37.9 Å². The predicted molar refractivity (Wildman–Crippen MR) is 75.7 cm³/mol. The molecule has 0 unspecified atom stereocenters. The maximum atomic E-state index is 5.46. The summed E-state index contributed by atoms with van der Waals surface area (Å²) >= 11 is 3.43. The Labute approximate surface area is 125 Å². The van der Waals surface area contributed by atoms with Crippen LogP contribution in [0.5, 0.6) is 0 Å². The molecule has 0 bridgehead atoms. The van der Waals surface area contributed by atoms with Crippen molar-refractivity contribution in [3.05, 3.63) is 28.6 Å². The Morgan fingerprint density at radius 3 is 2.80 bits per heavy atom. The van der Waals surface area contributed by atoms with Crippen molar-refractivity contribution in [1.29, 1.82) is 0 Å². The highest BCUT2D eigenvalue weighted by Crippen LogP contribution is 2.23. The molecule has 0 saturated carbocycles. The lowest BCUT2D eigenvalue weighted by Gasteiger charge is -2.31. The van der Waals surface area contributed by atoms with Crippen LogP contribution >= 0.6 is 15.9 Å². The van der Waals surface area contributed by atoms with Gasteiger partial charge in [0.05, 0.1) is 29.8 Å². The minimum absolute atomic E-state index is 0.295. The van der Waals surface area contributed by atoms with Gasteiger partial charge in [-0.05, 0) is 28.8 Å². The molecule has 1 saturated heterocycles. The second-order valence-electron chi connectivity index (χ2n) is 4.95. The van der Waals surface area contributed by atoms with E-state index in [0.29, 0.717) is 24.3 Å². The van der Waals surface area contributed by atoms with Crippen LogP contribution in [0.25, 0.3) is 0 Å². The molecule has 1 aliphatic heterocycles. The van der Waals surface area contributed by atoms with E-state index in [0.717, 1.165) is 36.9 Å². The van der Waals surface area contributed by atoms with Crippen LogP contribution in [-0.2, 0) is 13.1 Å². The van der Waals surface area contributed by atoms with Gasteiger partial charge < -0.3 is 10.3 Å². The molecular formula is C12H17BrN6O. The first-order valence-electron chi connectivity index (χ1n) is 6.68. The van der Waals surface area contributed by atoms with Gasteiger partial charge in [0.2, 0.25) is 5.89 Å². The molecule has 3 heterocycles. The summed E-state index contributed by atoms with van der Waals surface area (Å²) in [7, 11) is 0. The second-order valence-corrected chi connectivity index (χ2v) is 5.87. The summed E-state index contributed by atoms with van der Waals surface area (Å²) in [4.78, 5) is 6.57. The fourth-order valence-electron chi connectivity index (χ4n) is 2.49. The van der Waals surface area contributed by atoms with Gasteiger partial charge in [0.25, 0.3) is 0 Å². The topological polar surface area (TPSA) is 86.0 Å². The van der Waals surface area contributed by atoms with Gasteiger partial charge in [-0.25, -0.2) is 0 Å². The lowest BCUT2D eigenvalue weighted by atomic mass is 10.1. The van der Waals surface area contributed by atoms with Crippen molar-refractivity contribution in [1.82, 2.24) is 24.8 Å². The summed E-state index contributed by atoms with van der Waals surface area (Å²) in [6.07, 6.45) is 6.03. The summed E-state index contributed by atoms with van der Waals surface area (Å²) in [5.74, 6) is 1.21. The number of likely N-dealkylation sites (tertiary alicyclic amines) is 1. The molecule has 0 amide bonds. The highest BCUT2D eigenvalue weighted by Gasteiger charge is 2.22. The number of nitrogens with zero attached hydrogens (tertiary/aromatic N) is 5. The number of rotatable bonds is 4. The van der Waals surface area contributed by atoms with E-state index in [4.69, 9.17) is 10.3 Å². The highest BCUT2D eigenvalue weighted by atomic mass is 79.9. The van der Waals surface area contributed by atoms with Gasteiger partial charge in [-0.3, -0.25) is 9.58 Å². The van der Waals surface area contributed by atoms with Crippen molar-refractivity contribution in [3.8, 4) is 0 Å². The molecule has 0 aliphatic carbocycles. The molecule has 2 N–H and O–H groups in total. The Hall–Kier alpha value is -1.25. The fourth-order valence-corrected chi connectivity index (χ4v) is 2.80. The van der Waals surface area contributed by atoms with E-state index in [2.05, 4.69) is 36.1 Å². The Morgan fingerprint density at radius 2 is 2.20 bits per heavy atom. The Bertz CT molecular complexity index is 560. The first-order valence-corrected chi connectivity index (χ1v) is 7.47. The summed E-state index contributed by atoms with van der Waals surface area (Å²) in [5.41, 5.74) is 5.46. The van der Waals surface area contributed by atoms with Crippen LogP contribution in [0.1, 0.15) is 30.6 Å². The van der Waals surface area contributed by atoms with E-state index in [1.807, 2.05) is 17.1 Å². The van der Waals surface area contributed by atoms with Crippen LogP contribution in [0.3, 0.4) is 0 Å². The van der Waals surface area contributed by atoms with Crippen LogP contribution < -0.4 is 5.73 Å². The third-order valence-corrected chi connectivity index (χ3v) is 3.96. The molecule has 0 aromatic carbocycles. The van der Waals surface area contributed by atoms with E-state index in [1.165, 1.54) is 0 Å². The molecule has 1 fully saturated rings. The Balaban J connectivity index is 1.53. The molecule has 0 radical (unpaired) electrons. The minimum Gasteiger partial charge on any atom is -0.338 e. The van der Waals surface area contributed by atoms with Crippen molar-refractivity contribution in [2.24, 2.45) is 5.73 Å². The zero-order chi connectivity index (χ0) is 13.9. The van der Waals surface area contributed by atoms with Crippen LogP contribution in [0.15, 0.2) is 21.4 Å². The van der Waals surface area contributed by atoms with E-state index < -0.39 is 0 Å². The first-order chi connectivity index (χ1) is 9.74. The van der Waals surface area contributed by atoms with Gasteiger partial charge >= 0.3 is 0 Å². The molecule has 2 aromatic heterocycles. The number of aromatic nitrogens is 4. The van der Waals surface area contributed by atoms with E-state index >= 15 is 0 Å². The van der Waals surface area contributed by atoms with Crippen molar-refractivity contribution in [3.63, 3.8) is 0 Å². The van der Waals surface area contributed by atoms with Gasteiger partial charge in [-0.15, -0.1) is 0 Å². The third kappa shape index (κ3) is 3.08. The molecule has 8 heteroatoms. The van der Waals surface area contributed by atoms with Gasteiger partial charge in [-0.2, -0.15) is 10.1 Å². The second kappa shape index (κ2) is 6.02. The monoisotopic (exact) mass is 340 g/mol. The number of nitrogens with two attached hydrogens (primary N) is 1. The fraction of sp³-hybridized carbons (Fsp3) is 0.583. The first kappa shape index (κ1) is 13.7. The average Bonchev–Trinajstić information content (AvgIpc) is 3.09. The van der Waals surface area contributed by atoms with Crippen LogP contribution in [0, 0.1) is 0 Å². The quantitative estimate of drug-likeness (QED) is 0.903.